The molecule has 0 unspecified atom stereocenters. The fourth-order valence-electron chi connectivity index (χ4n) is 3.90. The first-order chi connectivity index (χ1) is 14.5. The van der Waals surface area contributed by atoms with Gasteiger partial charge in [0, 0.05) is 44.8 Å². The molecule has 0 atom stereocenters. The lowest BCUT2D eigenvalue weighted by molar-refractivity contribution is -0.156. The van der Waals surface area contributed by atoms with Crippen LogP contribution in [0.3, 0.4) is 0 Å². The molecule has 3 amide bonds. The number of amides is 3. The van der Waals surface area contributed by atoms with Gasteiger partial charge in [0.2, 0.25) is 0 Å². The number of carbonyl (C=O) groups excluding carboxylic acids is 3. The van der Waals surface area contributed by atoms with Gasteiger partial charge in [0.05, 0.1) is 0 Å². The summed E-state index contributed by atoms with van der Waals surface area (Å²) in [7, 11) is 0. The molecule has 4 rings (SSSR count). The van der Waals surface area contributed by atoms with E-state index in [-0.39, 0.29) is 18.3 Å². The Morgan fingerprint density at radius 3 is 1.70 bits per heavy atom. The van der Waals surface area contributed by atoms with E-state index in [4.69, 9.17) is 0 Å². The molecule has 2 aliphatic heterocycles. The second-order valence-electron chi connectivity index (χ2n) is 7.78. The lowest BCUT2D eigenvalue weighted by atomic mass is 10.1. The van der Waals surface area contributed by atoms with E-state index < -0.39 is 11.8 Å². The number of piperazine rings is 1. The Bertz CT molecular complexity index is 937. The zero-order chi connectivity index (χ0) is 21.1. The van der Waals surface area contributed by atoms with Crippen LogP contribution >= 0.6 is 0 Å². The van der Waals surface area contributed by atoms with Gasteiger partial charge in [-0.1, -0.05) is 24.3 Å². The molecule has 2 fully saturated rings. The Balaban J connectivity index is 1.35. The van der Waals surface area contributed by atoms with Crippen molar-refractivity contribution in [1.29, 1.82) is 0 Å². The standard InChI is InChI=1S/C23H24FN3O3/c24-20-9-5-18(6-10-20)16-27-14-13-26(22(29)23(27)30)15-17-3-7-19(8-4-17)21(28)25-11-1-2-12-25/h3-10H,1-2,11-16H2. The summed E-state index contributed by atoms with van der Waals surface area (Å²) in [5.41, 5.74) is 2.30. The smallest absolute Gasteiger partial charge is 0.312 e. The Morgan fingerprint density at radius 1 is 0.733 bits per heavy atom. The number of rotatable bonds is 5. The van der Waals surface area contributed by atoms with Crippen LogP contribution in [0.2, 0.25) is 0 Å². The second-order valence-corrected chi connectivity index (χ2v) is 7.78. The number of likely N-dealkylation sites (tertiary alicyclic amines) is 1. The number of carbonyl (C=O) groups is 3. The normalized spacial score (nSPS) is 17.0. The highest BCUT2D eigenvalue weighted by atomic mass is 19.1. The van der Waals surface area contributed by atoms with E-state index in [0.717, 1.165) is 37.1 Å². The molecule has 0 N–H and O–H groups in total. The molecular weight excluding hydrogens is 385 g/mol. The van der Waals surface area contributed by atoms with E-state index in [0.29, 0.717) is 25.2 Å². The third kappa shape index (κ3) is 4.35. The summed E-state index contributed by atoms with van der Waals surface area (Å²) < 4.78 is 13.0. The lowest BCUT2D eigenvalue weighted by Gasteiger charge is -2.34. The van der Waals surface area contributed by atoms with Crippen molar-refractivity contribution in [1.82, 2.24) is 14.7 Å². The van der Waals surface area contributed by atoms with Crippen molar-refractivity contribution in [3.63, 3.8) is 0 Å². The predicted octanol–water partition coefficient (Wildman–Crippen LogP) is 2.43. The number of hydrogen-bond donors (Lipinski definition) is 0. The van der Waals surface area contributed by atoms with Gasteiger partial charge in [-0.05, 0) is 48.2 Å². The van der Waals surface area contributed by atoms with Crippen LogP contribution in [0.15, 0.2) is 48.5 Å². The molecule has 7 heteroatoms. The van der Waals surface area contributed by atoms with Crippen LogP contribution in [0.1, 0.15) is 34.3 Å². The first-order valence-corrected chi connectivity index (χ1v) is 10.2. The molecule has 2 aromatic rings. The largest absolute Gasteiger partial charge is 0.339 e. The molecule has 156 valence electrons. The second kappa shape index (κ2) is 8.65. The third-order valence-corrected chi connectivity index (χ3v) is 5.65. The quantitative estimate of drug-likeness (QED) is 0.713. The summed E-state index contributed by atoms with van der Waals surface area (Å²) in [6, 6.07) is 13.2. The summed E-state index contributed by atoms with van der Waals surface area (Å²) in [5, 5.41) is 0. The summed E-state index contributed by atoms with van der Waals surface area (Å²) in [4.78, 5) is 42.4. The maximum Gasteiger partial charge on any atom is 0.312 e. The van der Waals surface area contributed by atoms with Gasteiger partial charge in [-0.3, -0.25) is 14.4 Å². The fourth-order valence-corrected chi connectivity index (χ4v) is 3.90. The van der Waals surface area contributed by atoms with E-state index in [1.165, 1.54) is 21.9 Å². The van der Waals surface area contributed by atoms with Crippen LogP contribution in [0, 0.1) is 5.82 Å². The number of nitrogens with zero attached hydrogens (tertiary/aromatic N) is 3. The number of benzene rings is 2. The van der Waals surface area contributed by atoms with Crippen molar-refractivity contribution in [3.05, 3.63) is 71.0 Å². The minimum atomic E-state index is -0.550. The highest BCUT2D eigenvalue weighted by Gasteiger charge is 2.32. The molecule has 2 aromatic carbocycles. The monoisotopic (exact) mass is 409 g/mol. The summed E-state index contributed by atoms with van der Waals surface area (Å²) in [6.07, 6.45) is 2.10. The minimum Gasteiger partial charge on any atom is -0.339 e. The van der Waals surface area contributed by atoms with Gasteiger partial charge in [-0.2, -0.15) is 0 Å². The number of hydrogen-bond acceptors (Lipinski definition) is 3. The molecular formula is C23H24FN3O3. The predicted molar refractivity (Wildman–Crippen MR) is 109 cm³/mol. The first kappa shape index (κ1) is 20.1. The van der Waals surface area contributed by atoms with Crippen molar-refractivity contribution in [2.75, 3.05) is 26.2 Å². The molecule has 0 radical (unpaired) electrons. The van der Waals surface area contributed by atoms with Crippen molar-refractivity contribution in [3.8, 4) is 0 Å². The first-order valence-electron chi connectivity index (χ1n) is 10.2. The summed E-state index contributed by atoms with van der Waals surface area (Å²) in [5.74, 6) is -1.38. The lowest BCUT2D eigenvalue weighted by Crippen LogP contribution is -2.53. The maximum absolute atomic E-state index is 13.0. The van der Waals surface area contributed by atoms with Gasteiger partial charge >= 0.3 is 11.8 Å². The fraction of sp³-hybridized carbons (Fsp3) is 0.348. The topological polar surface area (TPSA) is 60.9 Å². The van der Waals surface area contributed by atoms with Crippen LogP contribution in [-0.4, -0.2) is 58.6 Å². The number of halogens is 1. The van der Waals surface area contributed by atoms with Crippen LogP contribution in [0.25, 0.3) is 0 Å². The Hall–Kier alpha value is -3.22. The maximum atomic E-state index is 13.0. The van der Waals surface area contributed by atoms with Crippen LogP contribution < -0.4 is 0 Å². The highest BCUT2D eigenvalue weighted by molar-refractivity contribution is 6.35. The molecule has 2 heterocycles. The molecule has 30 heavy (non-hydrogen) atoms. The third-order valence-electron chi connectivity index (χ3n) is 5.65. The SMILES string of the molecule is O=C1C(=O)N(Cc2ccc(C(=O)N3CCCC3)cc2)CCN1Cc1ccc(F)cc1. The molecule has 0 bridgehead atoms. The van der Waals surface area contributed by atoms with Gasteiger partial charge in [0.15, 0.2) is 0 Å². The molecule has 6 nitrogen and oxygen atoms in total. The van der Waals surface area contributed by atoms with E-state index in [1.807, 2.05) is 17.0 Å². The molecule has 0 aliphatic carbocycles. The molecule has 2 aliphatic rings. The van der Waals surface area contributed by atoms with E-state index in [9.17, 15) is 18.8 Å². The van der Waals surface area contributed by atoms with Crippen molar-refractivity contribution < 1.29 is 18.8 Å². The van der Waals surface area contributed by atoms with Gasteiger partial charge in [-0.25, -0.2) is 4.39 Å². The van der Waals surface area contributed by atoms with Crippen molar-refractivity contribution in [2.24, 2.45) is 0 Å². The Morgan fingerprint density at radius 2 is 1.20 bits per heavy atom. The highest BCUT2D eigenvalue weighted by Crippen LogP contribution is 2.17. The van der Waals surface area contributed by atoms with Crippen molar-refractivity contribution in [2.45, 2.75) is 25.9 Å². The van der Waals surface area contributed by atoms with E-state index in [2.05, 4.69) is 0 Å². The molecule has 0 saturated carbocycles. The van der Waals surface area contributed by atoms with Crippen LogP contribution in [0.4, 0.5) is 4.39 Å². The van der Waals surface area contributed by atoms with Gasteiger partial charge < -0.3 is 14.7 Å². The zero-order valence-electron chi connectivity index (χ0n) is 16.7. The molecule has 2 saturated heterocycles. The Labute approximate surface area is 174 Å². The zero-order valence-corrected chi connectivity index (χ0v) is 16.7. The average Bonchev–Trinajstić information content (AvgIpc) is 3.30. The van der Waals surface area contributed by atoms with Crippen molar-refractivity contribution >= 4 is 17.7 Å². The van der Waals surface area contributed by atoms with Crippen LogP contribution in [-0.2, 0) is 22.7 Å². The van der Waals surface area contributed by atoms with Gasteiger partial charge in [0.1, 0.15) is 5.82 Å². The summed E-state index contributed by atoms with van der Waals surface area (Å²) in [6.45, 7) is 3.08. The van der Waals surface area contributed by atoms with E-state index in [1.54, 1.807) is 24.3 Å². The summed E-state index contributed by atoms with van der Waals surface area (Å²) >= 11 is 0. The minimum absolute atomic E-state index is 0.0414. The van der Waals surface area contributed by atoms with E-state index >= 15 is 0 Å². The molecule has 0 spiro atoms. The van der Waals surface area contributed by atoms with Gasteiger partial charge in [-0.15, -0.1) is 0 Å². The van der Waals surface area contributed by atoms with Crippen LogP contribution in [0.5, 0.6) is 0 Å². The van der Waals surface area contributed by atoms with Gasteiger partial charge in [0.25, 0.3) is 5.91 Å². The molecule has 0 aromatic heterocycles. The Kier molecular flexibility index (Phi) is 5.79. The average molecular weight is 409 g/mol.